The molecule has 1 aromatic carbocycles. The van der Waals surface area contributed by atoms with Gasteiger partial charge in [0.05, 0.1) is 23.4 Å². The molecule has 5 heteroatoms. The molecule has 0 radical (unpaired) electrons. The average Bonchev–Trinajstić information content (AvgIpc) is 3.22. The Labute approximate surface area is 134 Å². The maximum Gasteiger partial charge on any atom is 0.208 e. The van der Waals surface area contributed by atoms with Gasteiger partial charge in [-0.15, -0.1) is 11.3 Å². The minimum atomic E-state index is 0.184. The number of thiazole rings is 1. The van der Waals surface area contributed by atoms with Crippen molar-refractivity contribution >= 4 is 11.3 Å². The fourth-order valence-corrected chi connectivity index (χ4v) is 3.00. The first-order chi connectivity index (χ1) is 10.8. The summed E-state index contributed by atoms with van der Waals surface area (Å²) in [5.41, 5.74) is 2.12. The van der Waals surface area contributed by atoms with Gasteiger partial charge in [-0.1, -0.05) is 37.3 Å². The maximum absolute atomic E-state index is 5.79. The van der Waals surface area contributed by atoms with E-state index in [9.17, 15) is 0 Å². The van der Waals surface area contributed by atoms with Crippen molar-refractivity contribution in [3.8, 4) is 11.3 Å². The lowest BCUT2D eigenvalue weighted by molar-refractivity contribution is 0.451. The van der Waals surface area contributed by atoms with Crippen LogP contribution < -0.4 is 5.32 Å². The summed E-state index contributed by atoms with van der Waals surface area (Å²) in [5.74, 6) is 1.49. The fourth-order valence-electron chi connectivity index (χ4n) is 2.16. The first-order valence-corrected chi connectivity index (χ1v) is 8.32. The van der Waals surface area contributed by atoms with Crippen LogP contribution >= 0.6 is 11.3 Å². The monoisotopic (exact) mass is 313 g/mol. The quantitative estimate of drug-likeness (QED) is 0.740. The molecule has 0 aliphatic carbocycles. The van der Waals surface area contributed by atoms with E-state index in [2.05, 4.69) is 34.5 Å². The van der Waals surface area contributed by atoms with E-state index < -0.39 is 0 Å². The van der Waals surface area contributed by atoms with Crippen molar-refractivity contribution in [2.45, 2.75) is 32.9 Å². The molecular weight excluding hydrogens is 294 g/mol. The number of aryl methyl sites for hydroxylation is 1. The highest BCUT2D eigenvalue weighted by atomic mass is 32.1. The van der Waals surface area contributed by atoms with Crippen molar-refractivity contribution in [2.24, 2.45) is 0 Å². The van der Waals surface area contributed by atoms with Gasteiger partial charge in [0.15, 0.2) is 5.76 Å². The van der Waals surface area contributed by atoms with Crippen molar-refractivity contribution in [3.63, 3.8) is 0 Å². The molecule has 2 heterocycles. The zero-order valence-corrected chi connectivity index (χ0v) is 13.6. The summed E-state index contributed by atoms with van der Waals surface area (Å²) < 4.78 is 5.79. The molecule has 1 atom stereocenters. The van der Waals surface area contributed by atoms with Crippen molar-refractivity contribution in [1.29, 1.82) is 0 Å². The molecular formula is C17H19N3OS. The van der Waals surface area contributed by atoms with Gasteiger partial charge in [-0.3, -0.25) is 0 Å². The van der Waals surface area contributed by atoms with Gasteiger partial charge in [0, 0.05) is 17.0 Å². The van der Waals surface area contributed by atoms with Crippen LogP contribution in [0.25, 0.3) is 11.3 Å². The Hall–Kier alpha value is -1.98. The van der Waals surface area contributed by atoms with E-state index >= 15 is 0 Å². The molecule has 0 aliphatic rings. The van der Waals surface area contributed by atoms with Crippen LogP contribution in [-0.2, 0) is 13.0 Å². The second-order valence-corrected chi connectivity index (χ2v) is 6.05. The number of hydrogen-bond acceptors (Lipinski definition) is 5. The zero-order valence-electron chi connectivity index (χ0n) is 12.7. The molecule has 0 aliphatic heterocycles. The van der Waals surface area contributed by atoms with Crippen LogP contribution in [0.2, 0.25) is 0 Å². The van der Waals surface area contributed by atoms with Crippen molar-refractivity contribution < 1.29 is 4.42 Å². The third kappa shape index (κ3) is 3.43. The van der Waals surface area contributed by atoms with Gasteiger partial charge in [-0.05, 0) is 13.3 Å². The van der Waals surface area contributed by atoms with Crippen molar-refractivity contribution in [2.75, 3.05) is 0 Å². The van der Waals surface area contributed by atoms with Crippen LogP contribution in [0.15, 0.2) is 46.3 Å². The summed E-state index contributed by atoms with van der Waals surface area (Å²) in [6, 6.07) is 10.2. The molecule has 0 saturated carbocycles. The molecule has 0 spiro atoms. The molecule has 0 fully saturated rings. The topological polar surface area (TPSA) is 51.0 Å². The number of aromatic nitrogens is 2. The van der Waals surface area contributed by atoms with E-state index in [1.54, 1.807) is 17.5 Å². The van der Waals surface area contributed by atoms with Gasteiger partial charge < -0.3 is 9.73 Å². The van der Waals surface area contributed by atoms with Gasteiger partial charge >= 0.3 is 0 Å². The molecule has 1 N–H and O–H groups in total. The first-order valence-electron chi connectivity index (χ1n) is 7.44. The highest BCUT2D eigenvalue weighted by Gasteiger charge is 2.11. The van der Waals surface area contributed by atoms with E-state index in [1.807, 2.05) is 30.3 Å². The van der Waals surface area contributed by atoms with Crippen LogP contribution in [0.5, 0.6) is 0 Å². The van der Waals surface area contributed by atoms with Gasteiger partial charge in [0.25, 0.3) is 0 Å². The summed E-state index contributed by atoms with van der Waals surface area (Å²) in [6.07, 6.45) is 2.76. The molecule has 0 amide bonds. The molecule has 22 heavy (non-hydrogen) atoms. The minimum absolute atomic E-state index is 0.184. The summed E-state index contributed by atoms with van der Waals surface area (Å²) >= 11 is 1.71. The zero-order chi connectivity index (χ0) is 15.4. The van der Waals surface area contributed by atoms with Crippen molar-refractivity contribution in [1.82, 2.24) is 15.3 Å². The van der Waals surface area contributed by atoms with E-state index in [-0.39, 0.29) is 6.04 Å². The summed E-state index contributed by atoms with van der Waals surface area (Å²) in [6.45, 7) is 4.82. The third-order valence-corrected chi connectivity index (χ3v) is 4.50. The second kappa shape index (κ2) is 6.85. The number of nitrogens with one attached hydrogen (secondary N) is 1. The Morgan fingerprint density at radius 2 is 2.09 bits per heavy atom. The van der Waals surface area contributed by atoms with Crippen LogP contribution in [0.3, 0.4) is 0 Å². The number of hydrogen-bond donors (Lipinski definition) is 1. The Kier molecular flexibility index (Phi) is 4.65. The Bertz CT molecular complexity index is 720. The highest BCUT2D eigenvalue weighted by molar-refractivity contribution is 7.09. The predicted octanol–water partition coefficient (Wildman–Crippen LogP) is 4.21. The lowest BCUT2D eigenvalue weighted by Crippen LogP contribution is -2.18. The lowest BCUT2D eigenvalue weighted by atomic mass is 10.2. The smallest absolute Gasteiger partial charge is 0.208 e. The van der Waals surface area contributed by atoms with Gasteiger partial charge in [-0.25, -0.2) is 9.97 Å². The molecule has 3 rings (SSSR count). The number of rotatable bonds is 6. The summed E-state index contributed by atoms with van der Waals surface area (Å²) in [7, 11) is 0. The van der Waals surface area contributed by atoms with Crippen LogP contribution in [0, 0.1) is 0 Å². The largest absolute Gasteiger partial charge is 0.439 e. The Morgan fingerprint density at radius 3 is 2.82 bits per heavy atom. The fraction of sp³-hybridized carbons (Fsp3) is 0.294. The van der Waals surface area contributed by atoms with Gasteiger partial charge in [0.2, 0.25) is 5.89 Å². The van der Waals surface area contributed by atoms with Gasteiger partial charge in [-0.2, -0.15) is 0 Å². The standard InChI is InChI=1S/C17H19N3OS/c1-3-17-20-14(11-22-17)12(2)18-10-16-19-9-15(21-16)13-7-5-4-6-8-13/h4-9,11-12,18H,3,10H2,1-2H3/t12-/m0/s1. The summed E-state index contributed by atoms with van der Waals surface area (Å²) in [4.78, 5) is 8.93. The summed E-state index contributed by atoms with van der Waals surface area (Å²) in [5, 5.41) is 6.69. The second-order valence-electron chi connectivity index (χ2n) is 5.11. The Morgan fingerprint density at radius 1 is 1.27 bits per heavy atom. The van der Waals surface area contributed by atoms with E-state index in [1.165, 1.54) is 5.01 Å². The van der Waals surface area contributed by atoms with E-state index in [0.717, 1.165) is 23.4 Å². The molecule has 3 aromatic rings. The predicted molar refractivity (Wildman–Crippen MR) is 88.7 cm³/mol. The third-order valence-electron chi connectivity index (χ3n) is 3.49. The van der Waals surface area contributed by atoms with E-state index in [0.29, 0.717) is 12.4 Å². The van der Waals surface area contributed by atoms with E-state index in [4.69, 9.17) is 4.42 Å². The molecule has 0 saturated heterocycles. The Balaban J connectivity index is 1.61. The lowest BCUT2D eigenvalue weighted by Gasteiger charge is -2.09. The molecule has 4 nitrogen and oxygen atoms in total. The van der Waals surface area contributed by atoms with Crippen LogP contribution in [0.4, 0.5) is 0 Å². The SMILES string of the molecule is CCc1nc([C@H](C)NCc2ncc(-c3ccccc3)o2)cs1. The molecule has 114 valence electrons. The first kappa shape index (κ1) is 14.9. The minimum Gasteiger partial charge on any atom is -0.439 e. The number of benzene rings is 1. The average molecular weight is 313 g/mol. The highest BCUT2D eigenvalue weighted by Crippen LogP contribution is 2.21. The van der Waals surface area contributed by atoms with Crippen LogP contribution in [-0.4, -0.2) is 9.97 Å². The maximum atomic E-state index is 5.79. The number of nitrogens with zero attached hydrogens (tertiary/aromatic N) is 2. The molecule has 0 unspecified atom stereocenters. The molecule has 0 bridgehead atoms. The molecule has 2 aromatic heterocycles. The number of oxazole rings is 1. The van der Waals surface area contributed by atoms with Crippen LogP contribution in [0.1, 0.15) is 36.5 Å². The van der Waals surface area contributed by atoms with Crippen molar-refractivity contribution in [3.05, 3.63) is 58.5 Å². The van der Waals surface area contributed by atoms with Gasteiger partial charge in [0.1, 0.15) is 0 Å². The normalized spacial score (nSPS) is 12.5.